The van der Waals surface area contributed by atoms with Crippen LogP contribution in [0.3, 0.4) is 0 Å². The molecule has 124 valence electrons. The minimum atomic E-state index is -0.0330. The lowest BCUT2D eigenvalue weighted by molar-refractivity contribution is -0.135. The molecule has 3 rings (SSSR count). The Labute approximate surface area is 139 Å². The molecule has 0 aliphatic carbocycles. The summed E-state index contributed by atoms with van der Waals surface area (Å²) in [7, 11) is 1.62. The van der Waals surface area contributed by atoms with E-state index in [1.807, 2.05) is 10.3 Å². The van der Waals surface area contributed by atoms with Crippen molar-refractivity contribution < 1.29 is 9.53 Å². The van der Waals surface area contributed by atoms with Crippen LogP contribution in [-0.4, -0.2) is 44.6 Å². The number of carbonyl (C=O) groups is 1. The van der Waals surface area contributed by atoms with E-state index in [9.17, 15) is 4.79 Å². The Morgan fingerprint density at radius 1 is 1.52 bits per heavy atom. The van der Waals surface area contributed by atoms with Crippen molar-refractivity contribution in [3.05, 3.63) is 28.2 Å². The molecule has 23 heavy (non-hydrogen) atoms. The second kappa shape index (κ2) is 7.65. The summed E-state index contributed by atoms with van der Waals surface area (Å²) < 4.78 is 5.06. The minimum Gasteiger partial charge on any atom is -0.377 e. The van der Waals surface area contributed by atoms with Crippen molar-refractivity contribution in [3.8, 4) is 0 Å². The van der Waals surface area contributed by atoms with E-state index in [2.05, 4.69) is 20.2 Å². The van der Waals surface area contributed by atoms with E-state index in [0.717, 1.165) is 30.8 Å². The number of carbonyl (C=O) groups excluding carboxylic acids is 1. The number of ether oxygens (including phenoxy) is 1. The Bertz CT molecular complexity index is 628. The number of aromatic amines is 1. The second-order valence-corrected chi connectivity index (χ2v) is 6.58. The number of thiazole rings is 1. The standard InChI is InChI=1S/C15H21N5O2S/c1-22-10-12-17-15(19-18-12)11-4-2-3-8-20(11)14(21)6-5-13-16-7-9-23-13/h7,9,11H,2-6,8,10H2,1H3,(H,17,18,19). The highest BCUT2D eigenvalue weighted by Gasteiger charge is 2.30. The van der Waals surface area contributed by atoms with E-state index in [1.54, 1.807) is 24.6 Å². The highest BCUT2D eigenvalue weighted by atomic mass is 32.1. The SMILES string of the molecule is COCc1nc(C2CCCCN2C(=O)CCc2nccs2)n[nH]1. The zero-order chi connectivity index (χ0) is 16.1. The van der Waals surface area contributed by atoms with Crippen LogP contribution in [0.5, 0.6) is 0 Å². The Kier molecular flexibility index (Phi) is 5.35. The van der Waals surface area contributed by atoms with E-state index in [0.29, 0.717) is 31.1 Å². The molecule has 0 aromatic carbocycles. The van der Waals surface area contributed by atoms with Crippen LogP contribution in [0.15, 0.2) is 11.6 Å². The maximum absolute atomic E-state index is 12.6. The number of aromatic nitrogens is 4. The highest BCUT2D eigenvalue weighted by molar-refractivity contribution is 7.09. The van der Waals surface area contributed by atoms with Gasteiger partial charge in [0.05, 0.1) is 11.0 Å². The van der Waals surface area contributed by atoms with Crippen LogP contribution in [0, 0.1) is 0 Å². The van der Waals surface area contributed by atoms with Crippen LogP contribution in [0.1, 0.15) is 48.4 Å². The zero-order valence-corrected chi connectivity index (χ0v) is 14.0. The Balaban J connectivity index is 1.66. The molecule has 1 fully saturated rings. The smallest absolute Gasteiger partial charge is 0.223 e. The number of H-pyrrole nitrogens is 1. The quantitative estimate of drug-likeness (QED) is 0.874. The number of rotatable bonds is 6. The van der Waals surface area contributed by atoms with Crippen LogP contribution in [-0.2, 0) is 22.6 Å². The molecule has 0 saturated carbocycles. The normalized spacial score (nSPS) is 18.3. The molecular weight excluding hydrogens is 314 g/mol. The molecule has 1 N–H and O–H groups in total. The molecule has 1 saturated heterocycles. The van der Waals surface area contributed by atoms with Gasteiger partial charge in [-0.3, -0.25) is 9.89 Å². The van der Waals surface area contributed by atoms with Gasteiger partial charge in [-0.25, -0.2) is 9.97 Å². The average Bonchev–Trinajstić information content (AvgIpc) is 3.25. The Hall–Kier alpha value is -1.80. The molecule has 3 heterocycles. The number of hydrogen-bond acceptors (Lipinski definition) is 6. The van der Waals surface area contributed by atoms with Crippen LogP contribution < -0.4 is 0 Å². The second-order valence-electron chi connectivity index (χ2n) is 5.60. The maximum Gasteiger partial charge on any atom is 0.223 e. The van der Waals surface area contributed by atoms with Crippen LogP contribution in [0.2, 0.25) is 0 Å². The molecule has 1 amide bonds. The van der Waals surface area contributed by atoms with Crippen LogP contribution in [0.4, 0.5) is 0 Å². The van der Waals surface area contributed by atoms with Gasteiger partial charge in [-0.1, -0.05) is 0 Å². The predicted octanol–water partition coefficient (Wildman–Crippen LogP) is 2.09. The first kappa shape index (κ1) is 16.1. The van der Waals surface area contributed by atoms with Crippen molar-refractivity contribution in [3.63, 3.8) is 0 Å². The van der Waals surface area contributed by atoms with Gasteiger partial charge in [0.2, 0.25) is 5.91 Å². The molecule has 8 heteroatoms. The maximum atomic E-state index is 12.6. The van der Waals surface area contributed by atoms with Crippen molar-refractivity contribution in [1.82, 2.24) is 25.1 Å². The number of likely N-dealkylation sites (tertiary alicyclic amines) is 1. The lowest BCUT2D eigenvalue weighted by atomic mass is 10.0. The molecule has 1 atom stereocenters. The Morgan fingerprint density at radius 2 is 2.43 bits per heavy atom. The number of aryl methyl sites for hydroxylation is 1. The van der Waals surface area contributed by atoms with Gasteiger partial charge < -0.3 is 9.64 Å². The first-order chi connectivity index (χ1) is 11.3. The van der Waals surface area contributed by atoms with Gasteiger partial charge >= 0.3 is 0 Å². The third-order valence-electron chi connectivity index (χ3n) is 3.99. The largest absolute Gasteiger partial charge is 0.377 e. The van der Waals surface area contributed by atoms with Gasteiger partial charge in [0.1, 0.15) is 6.61 Å². The number of piperidine rings is 1. The molecule has 1 unspecified atom stereocenters. The first-order valence-corrected chi connectivity index (χ1v) is 8.74. The van der Waals surface area contributed by atoms with Crippen molar-refractivity contribution in [1.29, 1.82) is 0 Å². The first-order valence-electron chi connectivity index (χ1n) is 7.86. The van der Waals surface area contributed by atoms with Gasteiger partial charge in [0.15, 0.2) is 11.6 Å². The van der Waals surface area contributed by atoms with E-state index in [1.165, 1.54) is 0 Å². The lowest BCUT2D eigenvalue weighted by Crippen LogP contribution is -2.39. The number of amides is 1. The van der Waals surface area contributed by atoms with Gasteiger partial charge in [0, 0.05) is 38.1 Å². The third kappa shape index (κ3) is 3.94. The fourth-order valence-corrected chi connectivity index (χ4v) is 3.51. The fraction of sp³-hybridized carbons (Fsp3) is 0.600. The molecule has 7 nitrogen and oxygen atoms in total. The summed E-state index contributed by atoms with van der Waals surface area (Å²) in [5, 5.41) is 10.1. The molecule has 1 aliphatic rings. The zero-order valence-electron chi connectivity index (χ0n) is 13.2. The fourth-order valence-electron chi connectivity index (χ4n) is 2.89. The van der Waals surface area contributed by atoms with Crippen LogP contribution in [0.25, 0.3) is 0 Å². The third-order valence-corrected chi connectivity index (χ3v) is 4.83. The van der Waals surface area contributed by atoms with E-state index >= 15 is 0 Å². The molecule has 0 bridgehead atoms. The molecule has 2 aromatic heterocycles. The molecule has 0 spiro atoms. The van der Waals surface area contributed by atoms with Crippen molar-refractivity contribution >= 4 is 17.2 Å². The summed E-state index contributed by atoms with van der Waals surface area (Å²) in [4.78, 5) is 23.3. The number of nitrogens with one attached hydrogen (secondary N) is 1. The van der Waals surface area contributed by atoms with Crippen molar-refractivity contribution in [2.75, 3.05) is 13.7 Å². The Morgan fingerprint density at radius 3 is 3.22 bits per heavy atom. The highest BCUT2D eigenvalue weighted by Crippen LogP contribution is 2.29. The topological polar surface area (TPSA) is 84.0 Å². The predicted molar refractivity (Wildman–Crippen MR) is 85.8 cm³/mol. The molecular formula is C15H21N5O2S. The van der Waals surface area contributed by atoms with Gasteiger partial charge in [-0.15, -0.1) is 11.3 Å². The van der Waals surface area contributed by atoms with Gasteiger partial charge in [-0.2, -0.15) is 5.10 Å². The van der Waals surface area contributed by atoms with Crippen LogP contribution >= 0.6 is 11.3 Å². The monoisotopic (exact) mass is 335 g/mol. The molecule has 1 aliphatic heterocycles. The number of methoxy groups -OCH3 is 1. The lowest BCUT2D eigenvalue weighted by Gasteiger charge is -2.34. The summed E-state index contributed by atoms with van der Waals surface area (Å²) in [5.41, 5.74) is 0. The summed E-state index contributed by atoms with van der Waals surface area (Å²) >= 11 is 1.59. The number of hydrogen-bond donors (Lipinski definition) is 1. The van der Waals surface area contributed by atoms with Crippen molar-refractivity contribution in [2.45, 2.75) is 44.8 Å². The summed E-state index contributed by atoms with van der Waals surface area (Å²) in [6.07, 6.45) is 6.00. The van der Waals surface area contributed by atoms with E-state index in [-0.39, 0.29) is 11.9 Å². The van der Waals surface area contributed by atoms with E-state index in [4.69, 9.17) is 4.74 Å². The van der Waals surface area contributed by atoms with E-state index < -0.39 is 0 Å². The summed E-state index contributed by atoms with van der Waals surface area (Å²) in [5.74, 6) is 1.55. The van der Waals surface area contributed by atoms with Gasteiger partial charge in [0.25, 0.3) is 0 Å². The minimum absolute atomic E-state index is 0.0330. The summed E-state index contributed by atoms with van der Waals surface area (Å²) in [6.45, 7) is 1.17. The molecule has 2 aromatic rings. The van der Waals surface area contributed by atoms with Gasteiger partial charge in [-0.05, 0) is 19.3 Å². The molecule has 0 radical (unpaired) electrons. The average molecular weight is 335 g/mol. The summed E-state index contributed by atoms with van der Waals surface area (Å²) in [6, 6.07) is -0.0330. The van der Waals surface area contributed by atoms with Crippen molar-refractivity contribution in [2.24, 2.45) is 0 Å². The number of nitrogens with zero attached hydrogens (tertiary/aromatic N) is 4.